The van der Waals surface area contributed by atoms with Crippen LogP contribution in [0, 0.1) is 21.7 Å². The van der Waals surface area contributed by atoms with E-state index in [4.69, 9.17) is 9.57 Å². The lowest BCUT2D eigenvalue weighted by Gasteiger charge is -2.24. The van der Waals surface area contributed by atoms with Gasteiger partial charge in [-0.1, -0.05) is 5.21 Å². The maximum absolute atomic E-state index is 15.1. The number of amides is 1. The molecule has 4 heterocycles. The van der Waals surface area contributed by atoms with Crippen molar-refractivity contribution in [2.75, 3.05) is 47.6 Å². The number of rotatable bonds is 6. The number of benzene rings is 1. The molecular weight excluding hydrogens is 482 g/mol. The molecule has 0 spiro atoms. The lowest BCUT2D eigenvalue weighted by molar-refractivity contribution is -0.385. The summed E-state index contributed by atoms with van der Waals surface area (Å²) >= 11 is 0. The molecule has 2 aromatic heterocycles. The summed E-state index contributed by atoms with van der Waals surface area (Å²) in [5, 5.41) is 19.8. The second-order valence-electron chi connectivity index (χ2n) is 8.05. The van der Waals surface area contributed by atoms with E-state index >= 15 is 8.78 Å². The van der Waals surface area contributed by atoms with Crippen LogP contribution in [0.1, 0.15) is 0 Å². The van der Waals surface area contributed by atoms with E-state index in [1.54, 1.807) is 6.20 Å². The van der Waals surface area contributed by atoms with Gasteiger partial charge in [0.25, 0.3) is 5.69 Å². The Kier molecular flexibility index (Phi) is 6.28. The SMILES string of the molecule is O=C1O[C@@H](Cn2ccnn2)CN1c1cc(F)c(N2CCON(c3ccc([N+](=O)[O-])cn3)CC2)c(F)c1. The van der Waals surface area contributed by atoms with Gasteiger partial charge in [0, 0.05) is 37.5 Å². The molecule has 13 nitrogen and oxygen atoms in total. The third-order valence-electron chi connectivity index (χ3n) is 5.75. The first-order valence-corrected chi connectivity index (χ1v) is 11.0. The summed E-state index contributed by atoms with van der Waals surface area (Å²) in [4.78, 5) is 34.9. The first-order valence-electron chi connectivity index (χ1n) is 11.0. The van der Waals surface area contributed by atoms with Gasteiger partial charge in [0.05, 0.1) is 43.0 Å². The van der Waals surface area contributed by atoms with Crippen molar-refractivity contribution in [1.82, 2.24) is 20.0 Å². The summed E-state index contributed by atoms with van der Waals surface area (Å²) in [5.41, 5.74) is -0.360. The number of nitro groups is 1. The Morgan fingerprint density at radius 3 is 2.64 bits per heavy atom. The van der Waals surface area contributed by atoms with Gasteiger partial charge in [-0.25, -0.2) is 28.3 Å². The van der Waals surface area contributed by atoms with Gasteiger partial charge in [-0.05, 0) is 6.07 Å². The molecule has 1 atom stereocenters. The van der Waals surface area contributed by atoms with E-state index in [1.165, 1.54) is 37.9 Å². The average Bonchev–Trinajstić information content (AvgIpc) is 3.42. The number of pyridine rings is 1. The molecule has 0 aliphatic carbocycles. The lowest BCUT2D eigenvalue weighted by atomic mass is 10.2. The van der Waals surface area contributed by atoms with Gasteiger partial charge in [0.2, 0.25) is 0 Å². The van der Waals surface area contributed by atoms with Crippen molar-refractivity contribution < 1.29 is 28.1 Å². The maximum atomic E-state index is 15.1. The van der Waals surface area contributed by atoms with Crippen molar-refractivity contribution in [2.45, 2.75) is 12.6 Å². The van der Waals surface area contributed by atoms with E-state index in [-0.39, 0.29) is 56.4 Å². The van der Waals surface area contributed by atoms with Crippen LogP contribution >= 0.6 is 0 Å². The average molecular weight is 502 g/mol. The Bertz CT molecular complexity index is 1240. The van der Waals surface area contributed by atoms with E-state index in [0.717, 1.165) is 18.3 Å². The van der Waals surface area contributed by atoms with Crippen LogP contribution in [0.5, 0.6) is 0 Å². The lowest BCUT2D eigenvalue weighted by Crippen LogP contribution is -2.32. The number of hydroxylamine groups is 1. The summed E-state index contributed by atoms with van der Waals surface area (Å²) < 4.78 is 37.1. The minimum absolute atomic E-state index is 0.0441. The minimum atomic E-state index is -0.834. The Labute approximate surface area is 202 Å². The number of nitrogens with zero attached hydrogens (tertiary/aromatic N) is 8. The fraction of sp³-hybridized carbons (Fsp3) is 0.333. The number of cyclic esters (lactones) is 1. The quantitative estimate of drug-likeness (QED) is 0.365. The first-order chi connectivity index (χ1) is 17.4. The molecule has 2 aliphatic heterocycles. The molecular formula is C21H20F2N8O5. The van der Waals surface area contributed by atoms with E-state index in [9.17, 15) is 14.9 Å². The second kappa shape index (κ2) is 9.69. The molecule has 36 heavy (non-hydrogen) atoms. The Balaban J connectivity index is 1.28. The second-order valence-corrected chi connectivity index (χ2v) is 8.05. The molecule has 0 unspecified atom stereocenters. The summed E-state index contributed by atoms with van der Waals surface area (Å²) in [6.45, 7) is 1.04. The van der Waals surface area contributed by atoms with Gasteiger partial charge in [-0.2, -0.15) is 0 Å². The van der Waals surface area contributed by atoms with Crippen molar-refractivity contribution in [3.05, 3.63) is 64.6 Å². The van der Waals surface area contributed by atoms with Gasteiger partial charge < -0.3 is 9.64 Å². The molecule has 188 valence electrons. The predicted molar refractivity (Wildman–Crippen MR) is 120 cm³/mol. The molecule has 1 amide bonds. The molecule has 3 aromatic rings. The molecule has 0 radical (unpaired) electrons. The molecule has 5 rings (SSSR count). The standard InChI is InChI=1S/C21H20F2N8O5/c22-17-9-15(29-13-16(36-21(29)32)12-28-4-3-25-26-28)10-18(23)20(17)27-5-6-30(35-8-7-27)19-2-1-14(11-24-19)31(33)34/h1-4,9-11,16H,5-8,12-13H2/t16-/m0/s1. The fourth-order valence-corrected chi connectivity index (χ4v) is 4.06. The number of aromatic nitrogens is 4. The van der Waals surface area contributed by atoms with E-state index in [0.29, 0.717) is 5.82 Å². The zero-order valence-corrected chi connectivity index (χ0v) is 18.7. The van der Waals surface area contributed by atoms with Crippen LogP contribution in [0.25, 0.3) is 0 Å². The number of anilines is 3. The van der Waals surface area contributed by atoms with Gasteiger partial charge in [0.1, 0.15) is 18.0 Å². The van der Waals surface area contributed by atoms with Crippen LogP contribution in [0.4, 0.5) is 36.5 Å². The Morgan fingerprint density at radius 2 is 1.97 bits per heavy atom. The maximum Gasteiger partial charge on any atom is 0.414 e. The fourth-order valence-electron chi connectivity index (χ4n) is 4.06. The summed E-state index contributed by atoms with van der Waals surface area (Å²) in [7, 11) is 0. The van der Waals surface area contributed by atoms with Crippen molar-refractivity contribution in [3.8, 4) is 0 Å². The zero-order chi connectivity index (χ0) is 25.2. The smallest absolute Gasteiger partial charge is 0.414 e. The van der Waals surface area contributed by atoms with Crippen molar-refractivity contribution >= 4 is 29.0 Å². The summed E-state index contributed by atoms with van der Waals surface area (Å²) in [6.07, 6.45) is 2.97. The van der Waals surface area contributed by atoms with E-state index in [1.807, 2.05) is 0 Å². The van der Waals surface area contributed by atoms with Crippen LogP contribution in [0.3, 0.4) is 0 Å². The molecule has 1 aromatic carbocycles. The summed E-state index contributed by atoms with van der Waals surface area (Å²) in [5.74, 6) is -1.33. The number of halogens is 2. The largest absolute Gasteiger partial charge is 0.442 e. The Morgan fingerprint density at radius 1 is 1.17 bits per heavy atom. The molecule has 2 aliphatic rings. The highest BCUT2D eigenvalue weighted by molar-refractivity contribution is 5.90. The molecule has 2 fully saturated rings. The topological polar surface area (TPSA) is 132 Å². The van der Waals surface area contributed by atoms with Crippen LogP contribution in [-0.4, -0.2) is 69.9 Å². The van der Waals surface area contributed by atoms with E-state index < -0.39 is 28.8 Å². The number of hydrogen-bond acceptors (Lipinski definition) is 10. The molecule has 0 bridgehead atoms. The minimum Gasteiger partial charge on any atom is -0.442 e. The Hall–Kier alpha value is -4.40. The third kappa shape index (κ3) is 4.72. The molecule has 0 saturated carbocycles. The van der Waals surface area contributed by atoms with Gasteiger partial charge in [-0.3, -0.25) is 19.9 Å². The van der Waals surface area contributed by atoms with Crippen LogP contribution in [-0.2, 0) is 16.1 Å². The van der Waals surface area contributed by atoms with Crippen molar-refractivity contribution in [3.63, 3.8) is 0 Å². The molecule has 2 saturated heterocycles. The number of carbonyl (C=O) groups excluding carboxylic acids is 1. The molecule has 15 heteroatoms. The normalized spacial score (nSPS) is 18.3. The van der Waals surface area contributed by atoms with Crippen LogP contribution < -0.4 is 14.9 Å². The highest BCUT2D eigenvalue weighted by Gasteiger charge is 2.34. The van der Waals surface area contributed by atoms with Gasteiger partial charge >= 0.3 is 6.09 Å². The highest BCUT2D eigenvalue weighted by Crippen LogP contribution is 2.32. The number of carbonyl (C=O) groups is 1. The van der Waals surface area contributed by atoms with Crippen LogP contribution in [0.2, 0.25) is 0 Å². The monoisotopic (exact) mass is 502 g/mol. The van der Waals surface area contributed by atoms with E-state index in [2.05, 4.69) is 15.3 Å². The summed E-state index contributed by atoms with van der Waals surface area (Å²) in [6, 6.07) is 4.93. The number of hydrogen-bond donors (Lipinski definition) is 0. The number of ether oxygens (including phenoxy) is 1. The first kappa shape index (κ1) is 23.3. The zero-order valence-electron chi connectivity index (χ0n) is 18.7. The molecule has 0 N–H and O–H groups in total. The highest BCUT2D eigenvalue weighted by atomic mass is 19.1. The van der Waals surface area contributed by atoms with Crippen LogP contribution in [0.15, 0.2) is 42.9 Å². The van der Waals surface area contributed by atoms with Gasteiger partial charge in [-0.15, -0.1) is 5.10 Å². The van der Waals surface area contributed by atoms with Gasteiger partial charge in [0.15, 0.2) is 17.5 Å². The van der Waals surface area contributed by atoms with Crippen molar-refractivity contribution in [2.24, 2.45) is 0 Å². The van der Waals surface area contributed by atoms with Crippen molar-refractivity contribution in [1.29, 1.82) is 0 Å². The predicted octanol–water partition coefficient (Wildman–Crippen LogP) is 2.14. The third-order valence-corrected chi connectivity index (χ3v) is 5.75.